The lowest BCUT2D eigenvalue weighted by molar-refractivity contribution is 0.125. The highest BCUT2D eigenvalue weighted by atomic mass is 15.2. The van der Waals surface area contributed by atoms with Crippen LogP contribution in [0.5, 0.6) is 0 Å². The largest absolute Gasteiger partial charge is 0.326 e. The Morgan fingerprint density at radius 3 is 2.62 bits per heavy atom. The maximum absolute atomic E-state index is 8.71. The third-order valence-corrected chi connectivity index (χ3v) is 3.36. The normalized spacial score (nSPS) is 26.0. The van der Waals surface area contributed by atoms with Gasteiger partial charge in [-0.2, -0.15) is 5.26 Å². The molecular weight excluding hydrogens is 198 g/mol. The molecule has 92 valence electrons. The van der Waals surface area contributed by atoms with Gasteiger partial charge in [-0.05, 0) is 18.8 Å². The molecule has 0 aliphatic heterocycles. The molecule has 0 heterocycles. The second-order valence-corrected chi connectivity index (χ2v) is 5.31. The molecule has 1 saturated carbocycles. The molecule has 0 spiro atoms. The molecule has 2 N–H and O–H groups in total. The molecule has 0 aromatic heterocycles. The lowest BCUT2D eigenvalue weighted by atomic mass is 9.89. The van der Waals surface area contributed by atoms with Gasteiger partial charge in [-0.25, -0.2) is 0 Å². The van der Waals surface area contributed by atoms with Crippen molar-refractivity contribution in [1.29, 1.82) is 5.26 Å². The van der Waals surface area contributed by atoms with E-state index in [2.05, 4.69) is 24.8 Å². The average Bonchev–Trinajstić information content (AvgIpc) is 2.24. The minimum absolute atomic E-state index is 0.311. The van der Waals surface area contributed by atoms with Crippen molar-refractivity contribution >= 4 is 0 Å². The topological polar surface area (TPSA) is 53.0 Å². The fourth-order valence-electron chi connectivity index (χ4n) is 2.65. The lowest BCUT2D eigenvalue weighted by Gasteiger charge is -2.39. The van der Waals surface area contributed by atoms with Gasteiger partial charge in [0.05, 0.1) is 6.07 Å². The molecule has 2 unspecified atom stereocenters. The lowest BCUT2D eigenvalue weighted by Crippen LogP contribution is -2.50. The van der Waals surface area contributed by atoms with E-state index < -0.39 is 0 Å². The Labute approximate surface area is 99.6 Å². The molecule has 0 aromatic carbocycles. The van der Waals surface area contributed by atoms with Crippen LogP contribution in [0, 0.1) is 17.2 Å². The SMILES string of the molecule is CC(C)CN(CCC#N)C1CCCCC1N. The van der Waals surface area contributed by atoms with Crippen LogP contribution in [0.4, 0.5) is 0 Å². The zero-order valence-corrected chi connectivity index (χ0v) is 10.7. The molecular formula is C13H25N3. The monoisotopic (exact) mass is 223 g/mol. The van der Waals surface area contributed by atoms with Crippen molar-refractivity contribution < 1.29 is 0 Å². The van der Waals surface area contributed by atoms with Gasteiger partial charge in [-0.3, -0.25) is 4.90 Å². The molecule has 2 atom stereocenters. The van der Waals surface area contributed by atoms with E-state index in [-0.39, 0.29) is 0 Å². The van der Waals surface area contributed by atoms with Gasteiger partial charge in [0, 0.05) is 31.6 Å². The maximum Gasteiger partial charge on any atom is 0.0635 e. The number of hydrogen-bond acceptors (Lipinski definition) is 3. The minimum atomic E-state index is 0.311. The quantitative estimate of drug-likeness (QED) is 0.777. The average molecular weight is 223 g/mol. The molecule has 0 saturated heterocycles. The first kappa shape index (κ1) is 13.5. The third-order valence-electron chi connectivity index (χ3n) is 3.36. The van der Waals surface area contributed by atoms with Gasteiger partial charge in [0.15, 0.2) is 0 Å². The molecule has 1 aliphatic carbocycles. The Kier molecular flexibility index (Phi) is 5.79. The van der Waals surface area contributed by atoms with Crippen LogP contribution >= 0.6 is 0 Å². The summed E-state index contributed by atoms with van der Waals surface area (Å²) in [6.07, 6.45) is 5.53. The highest BCUT2D eigenvalue weighted by Crippen LogP contribution is 2.22. The van der Waals surface area contributed by atoms with Gasteiger partial charge in [0.25, 0.3) is 0 Å². The van der Waals surface area contributed by atoms with Crippen LogP contribution in [0.2, 0.25) is 0 Å². The third kappa shape index (κ3) is 4.11. The van der Waals surface area contributed by atoms with Gasteiger partial charge in [-0.15, -0.1) is 0 Å². The molecule has 16 heavy (non-hydrogen) atoms. The first-order valence-electron chi connectivity index (χ1n) is 6.51. The van der Waals surface area contributed by atoms with E-state index in [9.17, 15) is 0 Å². The molecule has 0 aromatic rings. The van der Waals surface area contributed by atoms with Crippen LogP contribution in [-0.4, -0.2) is 30.1 Å². The first-order valence-corrected chi connectivity index (χ1v) is 6.51. The number of nitrogens with zero attached hydrogens (tertiary/aromatic N) is 2. The van der Waals surface area contributed by atoms with Crippen molar-refractivity contribution in [1.82, 2.24) is 4.90 Å². The van der Waals surface area contributed by atoms with Crippen LogP contribution in [0.15, 0.2) is 0 Å². The van der Waals surface area contributed by atoms with Gasteiger partial charge < -0.3 is 5.73 Å². The fourth-order valence-corrected chi connectivity index (χ4v) is 2.65. The summed E-state index contributed by atoms with van der Waals surface area (Å²) in [7, 11) is 0. The van der Waals surface area contributed by atoms with Gasteiger partial charge in [-0.1, -0.05) is 26.7 Å². The number of nitrogens with two attached hydrogens (primary N) is 1. The van der Waals surface area contributed by atoms with Crippen LogP contribution < -0.4 is 5.73 Å². The molecule has 0 bridgehead atoms. The molecule has 1 rings (SSSR count). The smallest absolute Gasteiger partial charge is 0.0635 e. The van der Waals surface area contributed by atoms with Crippen LogP contribution in [0.3, 0.4) is 0 Å². The van der Waals surface area contributed by atoms with E-state index in [1.807, 2.05) is 0 Å². The second kappa shape index (κ2) is 6.88. The Bertz CT molecular complexity index is 232. The van der Waals surface area contributed by atoms with Crippen LogP contribution in [0.25, 0.3) is 0 Å². The summed E-state index contributed by atoms with van der Waals surface area (Å²) >= 11 is 0. The number of hydrogen-bond donors (Lipinski definition) is 1. The zero-order chi connectivity index (χ0) is 12.0. The predicted octanol–water partition coefficient (Wildman–Crippen LogP) is 2.13. The van der Waals surface area contributed by atoms with Crippen molar-refractivity contribution in [3.8, 4) is 6.07 Å². The Morgan fingerprint density at radius 1 is 1.38 bits per heavy atom. The van der Waals surface area contributed by atoms with Gasteiger partial charge in [0.1, 0.15) is 0 Å². The first-order chi connectivity index (χ1) is 7.65. The van der Waals surface area contributed by atoms with E-state index in [1.165, 1.54) is 19.3 Å². The minimum Gasteiger partial charge on any atom is -0.326 e. The predicted molar refractivity (Wildman–Crippen MR) is 66.9 cm³/mol. The second-order valence-electron chi connectivity index (χ2n) is 5.31. The van der Waals surface area contributed by atoms with Crippen molar-refractivity contribution in [2.45, 2.75) is 58.0 Å². The summed E-state index contributed by atoms with van der Waals surface area (Å²) in [5.41, 5.74) is 6.20. The highest BCUT2D eigenvalue weighted by Gasteiger charge is 2.27. The summed E-state index contributed by atoms with van der Waals surface area (Å²) in [5.74, 6) is 0.646. The van der Waals surface area contributed by atoms with E-state index in [1.54, 1.807) is 0 Å². The van der Waals surface area contributed by atoms with Crippen molar-refractivity contribution in [3.05, 3.63) is 0 Å². The summed E-state index contributed by atoms with van der Waals surface area (Å²) < 4.78 is 0. The Balaban J connectivity index is 2.55. The van der Waals surface area contributed by atoms with Gasteiger partial charge in [0.2, 0.25) is 0 Å². The summed E-state index contributed by atoms with van der Waals surface area (Å²) in [6.45, 7) is 6.41. The number of rotatable bonds is 5. The molecule has 1 fully saturated rings. The highest BCUT2D eigenvalue weighted by molar-refractivity contribution is 4.87. The molecule has 1 aliphatic rings. The molecule has 0 radical (unpaired) electrons. The standard InChI is InChI=1S/C13H25N3/c1-11(2)10-16(9-5-8-14)13-7-4-3-6-12(13)15/h11-13H,3-7,9-10,15H2,1-2H3. The Morgan fingerprint density at radius 2 is 2.06 bits per heavy atom. The fraction of sp³-hybridized carbons (Fsp3) is 0.923. The van der Waals surface area contributed by atoms with E-state index in [4.69, 9.17) is 11.0 Å². The van der Waals surface area contributed by atoms with Crippen LogP contribution in [-0.2, 0) is 0 Å². The molecule has 3 nitrogen and oxygen atoms in total. The van der Waals surface area contributed by atoms with Crippen molar-refractivity contribution in [2.24, 2.45) is 11.7 Å². The summed E-state index contributed by atoms with van der Waals surface area (Å²) in [6, 6.07) is 3.06. The zero-order valence-electron chi connectivity index (χ0n) is 10.7. The van der Waals surface area contributed by atoms with E-state index >= 15 is 0 Å². The summed E-state index contributed by atoms with van der Waals surface area (Å²) in [4.78, 5) is 2.44. The van der Waals surface area contributed by atoms with E-state index in [0.717, 1.165) is 19.5 Å². The molecule has 3 heteroatoms. The Hall–Kier alpha value is -0.590. The van der Waals surface area contributed by atoms with E-state index in [0.29, 0.717) is 24.4 Å². The van der Waals surface area contributed by atoms with Gasteiger partial charge >= 0.3 is 0 Å². The summed E-state index contributed by atoms with van der Waals surface area (Å²) in [5, 5.41) is 8.71. The number of nitriles is 1. The van der Waals surface area contributed by atoms with Crippen molar-refractivity contribution in [3.63, 3.8) is 0 Å². The maximum atomic E-state index is 8.71. The van der Waals surface area contributed by atoms with Crippen molar-refractivity contribution in [2.75, 3.05) is 13.1 Å². The molecule has 0 amide bonds. The van der Waals surface area contributed by atoms with Crippen LogP contribution in [0.1, 0.15) is 46.0 Å².